The maximum Gasteiger partial charge on any atom is 0.312 e. The van der Waals surface area contributed by atoms with E-state index >= 15 is 0 Å². The van der Waals surface area contributed by atoms with Gasteiger partial charge in [0.05, 0.1) is 12.2 Å². The Morgan fingerprint density at radius 2 is 2.28 bits per heavy atom. The number of nitrogens with zero attached hydrogens (tertiary/aromatic N) is 4. The van der Waals surface area contributed by atoms with Crippen molar-refractivity contribution >= 4 is 23.0 Å². The van der Waals surface area contributed by atoms with Crippen molar-refractivity contribution in [3.8, 4) is 0 Å². The lowest BCUT2D eigenvalue weighted by Crippen LogP contribution is -2.38. The van der Waals surface area contributed by atoms with Crippen LogP contribution in [0.1, 0.15) is 26.5 Å². The highest BCUT2D eigenvalue weighted by atomic mass is 19.2. The van der Waals surface area contributed by atoms with Crippen molar-refractivity contribution in [2.45, 2.75) is 38.5 Å². The molecule has 0 unspecified atom stereocenters. The summed E-state index contributed by atoms with van der Waals surface area (Å²) in [7, 11) is 0. The van der Waals surface area contributed by atoms with Gasteiger partial charge in [-0.05, 0) is 0 Å². The first-order chi connectivity index (χ1) is 11.7. The summed E-state index contributed by atoms with van der Waals surface area (Å²) in [6.45, 7) is 2.24. The molecule has 1 aliphatic rings. The molecule has 2 aromatic rings. The zero-order valence-corrected chi connectivity index (χ0v) is 13.4. The lowest BCUT2D eigenvalue weighted by atomic mass is 10.2. The van der Waals surface area contributed by atoms with E-state index in [0.717, 1.165) is 4.57 Å². The van der Waals surface area contributed by atoms with Gasteiger partial charge in [0.25, 0.3) is 5.85 Å². The van der Waals surface area contributed by atoms with Gasteiger partial charge in [-0.15, -0.1) is 0 Å². The highest BCUT2D eigenvalue weighted by Gasteiger charge is 2.52. The fourth-order valence-corrected chi connectivity index (χ4v) is 2.45. The number of rotatable bonds is 4. The normalized spacial score (nSPS) is 26.5. The van der Waals surface area contributed by atoms with Gasteiger partial charge < -0.3 is 15.2 Å². The average Bonchev–Trinajstić information content (AvgIpc) is 3.07. The third kappa shape index (κ3) is 3.11. The molecule has 8 nitrogen and oxygen atoms in total. The number of hydrogen-bond acceptors (Lipinski definition) is 7. The third-order valence-corrected chi connectivity index (χ3v) is 3.82. The number of nitrogen functional groups attached to an aromatic ring is 1. The van der Waals surface area contributed by atoms with Crippen molar-refractivity contribution in [2.24, 2.45) is 5.92 Å². The number of hydrogen-bond donors (Lipinski definition) is 1. The maximum absolute atomic E-state index is 14.7. The number of fused-ring (bicyclic) bond motifs is 1. The lowest BCUT2D eigenvalue weighted by Gasteiger charge is -2.22. The van der Waals surface area contributed by atoms with Crippen LogP contribution in [0.4, 0.5) is 19.0 Å². The molecule has 136 valence electrons. The number of carbonyl (C=O) groups excluding carboxylic acids is 1. The Morgan fingerprint density at radius 1 is 1.56 bits per heavy atom. The van der Waals surface area contributed by atoms with Crippen molar-refractivity contribution in [1.29, 1.82) is 0 Å². The quantitative estimate of drug-likeness (QED) is 0.654. The summed E-state index contributed by atoms with van der Waals surface area (Å²) in [4.78, 5) is 22.2. The van der Waals surface area contributed by atoms with Crippen molar-refractivity contribution in [3.05, 3.63) is 12.4 Å². The molecule has 1 aliphatic heterocycles. The molecule has 0 amide bonds. The Hall–Kier alpha value is -2.43. The molecule has 0 radical (unpaired) electrons. The molecule has 2 N–H and O–H groups in total. The van der Waals surface area contributed by atoms with Gasteiger partial charge in [0.1, 0.15) is 6.23 Å². The van der Waals surface area contributed by atoms with E-state index in [1.165, 1.54) is 6.33 Å². The van der Waals surface area contributed by atoms with Crippen LogP contribution in [-0.2, 0) is 14.3 Å². The number of halogens is 3. The number of nitrogens with two attached hydrogens (primary N) is 1. The predicted molar refractivity (Wildman–Crippen MR) is 79.0 cm³/mol. The molecule has 0 aromatic carbocycles. The second kappa shape index (κ2) is 6.14. The largest absolute Gasteiger partial charge is 0.459 e. The Bertz CT molecular complexity index is 814. The van der Waals surface area contributed by atoms with Crippen molar-refractivity contribution < 1.29 is 27.4 Å². The van der Waals surface area contributed by atoms with Gasteiger partial charge >= 0.3 is 12.0 Å². The molecule has 3 heterocycles. The van der Waals surface area contributed by atoms with Crippen LogP contribution < -0.4 is 5.73 Å². The van der Waals surface area contributed by atoms with E-state index in [4.69, 9.17) is 15.2 Å². The molecule has 25 heavy (non-hydrogen) atoms. The predicted octanol–water partition coefficient (Wildman–Crippen LogP) is 1.67. The molecule has 0 saturated carbocycles. The highest BCUT2D eigenvalue weighted by molar-refractivity contribution is 5.81. The molecule has 2 aromatic heterocycles. The maximum atomic E-state index is 14.7. The van der Waals surface area contributed by atoms with E-state index in [0.29, 0.717) is 0 Å². The van der Waals surface area contributed by atoms with E-state index < -0.39 is 49.2 Å². The smallest absolute Gasteiger partial charge is 0.312 e. The van der Waals surface area contributed by atoms with Gasteiger partial charge in [-0.25, -0.2) is 13.8 Å². The first-order valence-electron chi connectivity index (χ1n) is 7.54. The second-order valence-corrected chi connectivity index (χ2v) is 6.03. The minimum absolute atomic E-state index is 0.0503. The Kier molecular flexibility index (Phi) is 4.27. The molecule has 1 saturated heterocycles. The molecule has 3 rings (SSSR count). The zero-order chi connectivity index (χ0) is 18.4. The van der Waals surface area contributed by atoms with Crippen molar-refractivity contribution in [3.63, 3.8) is 0 Å². The monoisotopic (exact) mass is 359 g/mol. The van der Waals surface area contributed by atoms with E-state index in [9.17, 15) is 18.0 Å². The van der Waals surface area contributed by atoms with Crippen molar-refractivity contribution in [1.82, 2.24) is 19.5 Å². The molecular formula is C14H16F3N5O3. The first-order valence-corrected chi connectivity index (χ1v) is 7.54. The van der Waals surface area contributed by atoms with Gasteiger partial charge in [0.2, 0.25) is 0 Å². The van der Waals surface area contributed by atoms with Gasteiger partial charge in [-0.3, -0.25) is 9.36 Å². The fourth-order valence-electron chi connectivity index (χ4n) is 2.45. The summed E-state index contributed by atoms with van der Waals surface area (Å²) in [5, 5.41) is 0. The standard InChI is InChI=1S/C14H16F3N5O3/c1-6(2)12(23)24-4-14(17)7(15)3-8(25-14)22-5-19-9-10(18)20-13(16)21-11(9)22/h5-8H,3-4H2,1-2H3,(H2,18,20,21)/t7-,8+,14+/m0/s1. The van der Waals surface area contributed by atoms with Gasteiger partial charge in [-0.1, -0.05) is 13.8 Å². The molecule has 11 heteroatoms. The van der Waals surface area contributed by atoms with Crippen LogP contribution in [0.15, 0.2) is 6.33 Å². The topological polar surface area (TPSA) is 105 Å². The van der Waals surface area contributed by atoms with E-state index in [-0.39, 0.29) is 17.0 Å². The second-order valence-electron chi connectivity index (χ2n) is 6.03. The van der Waals surface area contributed by atoms with Gasteiger partial charge in [0.15, 0.2) is 29.8 Å². The average molecular weight is 359 g/mol. The number of anilines is 1. The van der Waals surface area contributed by atoms with E-state index in [1.807, 2.05) is 0 Å². The SMILES string of the molecule is CC(C)C(=O)OC[C@@]1(F)O[C@@H](n2cnc3c(N)nc(F)nc32)C[C@@H]1F. The fraction of sp³-hybridized carbons (Fsp3) is 0.571. The third-order valence-electron chi connectivity index (χ3n) is 3.82. The number of aromatic nitrogens is 4. The van der Waals surface area contributed by atoms with E-state index in [1.54, 1.807) is 13.8 Å². The van der Waals surface area contributed by atoms with Gasteiger partial charge in [0, 0.05) is 6.42 Å². The van der Waals surface area contributed by atoms with Crippen molar-refractivity contribution in [2.75, 3.05) is 12.3 Å². The van der Waals surface area contributed by atoms with Crippen LogP contribution in [0.3, 0.4) is 0 Å². The minimum atomic E-state index is -2.82. The summed E-state index contributed by atoms with van der Waals surface area (Å²) in [6, 6.07) is 0. The van der Waals surface area contributed by atoms with Crippen LogP contribution in [-0.4, -0.2) is 44.1 Å². The van der Waals surface area contributed by atoms with E-state index in [2.05, 4.69) is 15.0 Å². The number of carbonyl (C=O) groups is 1. The molecule has 3 atom stereocenters. The number of esters is 1. The van der Waals surface area contributed by atoms with Crippen LogP contribution >= 0.6 is 0 Å². The Labute approximate surface area is 140 Å². The number of imidazole rings is 1. The summed E-state index contributed by atoms with van der Waals surface area (Å²) >= 11 is 0. The minimum Gasteiger partial charge on any atom is -0.459 e. The number of alkyl halides is 2. The molecule has 0 aliphatic carbocycles. The lowest BCUT2D eigenvalue weighted by molar-refractivity contribution is -0.208. The Morgan fingerprint density at radius 3 is 2.96 bits per heavy atom. The molecule has 0 spiro atoms. The highest BCUT2D eigenvalue weighted by Crippen LogP contribution is 2.41. The van der Waals surface area contributed by atoms with Crippen LogP contribution in [0.25, 0.3) is 11.2 Å². The van der Waals surface area contributed by atoms with Crippen LogP contribution in [0.2, 0.25) is 0 Å². The first kappa shape index (κ1) is 17.4. The summed E-state index contributed by atoms with van der Waals surface area (Å²) in [6.07, 6.45) is -3.53. The van der Waals surface area contributed by atoms with Gasteiger partial charge in [-0.2, -0.15) is 14.4 Å². The van der Waals surface area contributed by atoms with Crippen LogP contribution in [0.5, 0.6) is 0 Å². The summed E-state index contributed by atoms with van der Waals surface area (Å²) < 4.78 is 53.2. The molecule has 0 bridgehead atoms. The summed E-state index contributed by atoms with van der Waals surface area (Å²) in [5.74, 6) is -4.18. The number of ether oxygens (including phenoxy) is 2. The Balaban J connectivity index is 1.83. The molecule has 1 fully saturated rings. The zero-order valence-electron chi connectivity index (χ0n) is 13.4. The van der Waals surface area contributed by atoms with Crippen LogP contribution in [0, 0.1) is 12.0 Å². The molecular weight excluding hydrogens is 343 g/mol. The summed E-state index contributed by atoms with van der Waals surface area (Å²) in [5.41, 5.74) is 5.58.